The molecule has 1 rings (SSSR count). The van der Waals surface area contributed by atoms with Gasteiger partial charge in [0.1, 0.15) is 5.75 Å². The predicted molar refractivity (Wildman–Crippen MR) is 73.4 cm³/mol. The Morgan fingerprint density at radius 3 is 2.12 bits per heavy atom. The second-order valence-electron chi connectivity index (χ2n) is 5.94. The summed E-state index contributed by atoms with van der Waals surface area (Å²) >= 11 is 0. The van der Waals surface area contributed by atoms with E-state index in [1.807, 2.05) is 19.1 Å². The molecule has 0 aromatic heterocycles. The van der Waals surface area contributed by atoms with Gasteiger partial charge in [-0.2, -0.15) is 0 Å². The number of rotatable bonds is 2. The van der Waals surface area contributed by atoms with Gasteiger partial charge in [0, 0.05) is 11.8 Å². The molecule has 0 unspecified atom stereocenters. The number of nitrogen functional groups attached to an aromatic ring is 1. The lowest BCUT2D eigenvalue weighted by molar-refractivity contribution is 0.492. The van der Waals surface area contributed by atoms with Gasteiger partial charge in [-0.3, -0.25) is 0 Å². The summed E-state index contributed by atoms with van der Waals surface area (Å²) in [4.78, 5) is 0. The van der Waals surface area contributed by atoms with Gasteiger partial charge in [-0.1, -0.05) is 20.8 Å². The summed E-state index contributed by atoms with van der Waals surface area (Å²) < 4.78 is 6.19. The standard InChI is InChI=1S/C13H23NOSi/c1-10-7-11(14)9-12(8-10)15-16(5,6)13(2,3)4/h7-9H,14H2,1-6H3. The van der Waals surface area contributed by atoms with Gasteiger partial charge in [0.25, 0.3) is 0 Å². The van der Waals surface area contributed by atoms with Crippen molar-refractivity contribution in [2.24, 2.45) is 0 Å². The molecule has 2 nitrogen and oxygen atoms in total. The Morgan fingerprint density at radius 1 is 1.12 bits per heavy atom. The molecule has 0 amide bonds. The zero-order chi connectivity index (χ0) is 12.6. The Labute approximate surface area is 99.9 Å². The zero-order valence-electron chi connectivity index (χ0n) is 11.2. The van der Waals surface area contributed by atoms with Gasteiger partial charge in [0.05, 0.1) is 0 Å². The maximum absolute atomic E-state index is 6.19. The molecule has 0 fully saturated rings. The Morgan fingerprint density at radius 2 is 1.69 bits per heavy atom. The molecule has 3 heteroatoms. The highest BCUT2D eigenvalue weighted by molar-refractivity contribution is 6.74. The van der Waals surface area contributed by atoms with Crippen LogP contribution in [0.5, 0.6) is 5.75 Å². The van der Waals surface area contributed by atoms with Gasteiger partial charge < -0.3 is 10.2 Å². The first kappa shape index (κ1) is 13.1. The minimum atomic E-state index is -1.75. The van der Waals surface area contributed by atoms with Crippen molar-refractivity contribution in [3.8, 4) is 5.75 Å². The maximum Gasteiger partial charge on any atom is 0.250 e. The number of nitrogens with two attached hydrogens (primary N) is 1. The Hall–Kier alpha value is -0.963. The van der Waals surface area contributed by atoms with E-state index in [0.29, 0.717) is 0 Å². The normalized spacial score (nSPS) is 12.6. The fourth-order valence-corrected chi connectivity index (χ4v) is 2.30. The molecule has 1 aromatic rings. The average Bonchev–Trinajstić information content (AvgIpc) is 1.97. The number of hydrogen-bond donors (Lipinski definition) is 1. The van der Waals surface area contributed by atoms with Crippen molar-refractivity contribution >= 4 is 14.0 Å². The van der Waals surface area contributed by atoms with Gasteiger partial charge in [-0.05, 0) is 42.8 Å². The first-order chi connectivity index (χ1) is 7.12. The van der Waals surface area contributed by atoms with Crippen LogP contribution >= 0.6 is 0 Å². The monoisotopic (exact) mass is 237 g/mol. The lowest BCUT2D eigenvalue weighted by atomic mass is 10.2. The van der Waals surface area contributed by atoms with Gasteiger partial charge in [-0.15, -0.1) is 0 Å². The highest BCUT2D eigenvalue weighted by Crippen LogP contribution is 2.37. The summed E-state index contributed by atoms with van der Waals surface area (Å²) in [5, 5.41) is 0.214. The molecule has 0 radical (unpaired) electrons. The van der Waals surface area contributed by atoms with Crippen molar-refractivity contribution in [3.63, 3.8) is 0 Å². The lowest BCUT2D eigenvalue weighted by Gasteiger charge is -2.36. The van der Waals surface area contributed by atoms with E-state index in [4.69, 9.17) is 10.2 Å². The molecule has 1 aromatic carbocycles. The number of anilines is 1. The molecule has 0 saturated heterocycles. The summed E-state index contributed by atoms with van der Waals surface area (Å²) in [7, 11) is -1.75. The Kier molecular flexibility index (Phi) is 3.38. The topological polar surface area (TPSA) is 35.2 Å². The van der Waals surface area contributed by atoms with Crippen LogP contribution in [0.4, 0.5) is 5.69 Å². The van der Waals surface area contributed by atoms with E-state index in [2.05, 4.69) is 39.9 Å². The molecular weight excluding hydrogens is 214 g/mol. The summed E-state index contributed by atoms with van der Waals surface area (Å²) in [5.74, 6) is 0.907. The number of hydrogen-bond acceptors (Lipinski definition) is 2. The molecule has 0 aliphatic carbocycles. The van der Waals surface area contributed by atoms with Crippen molar-refractivity contribution in [3.05, 3.63) is 23.8 Å². The highest BCUT2D eigenvalue weighted by atomic mass is 28.4. The van der Waals surface area contributed by atoms with Crippen LogP contribution in [-0.4, -0.2) is 8.32 Å². The largest absolute Gasteiger partial charge is 0.543 e. The van der Waals surface area contributed by atoms with E-state index in [-0.39, 0.29) is 5.04 Å². The smallest absolute Gasteiger partial charge is 0.250 e. The molecular formula is C13H23NOSi. The van der Waals surface area contributed by atoms with Gasteiger partial charge in [0.15, 0.2) is 0 Å². The van der Waals surface area contributed by atoms with E-state index in [9.17, 15) is 0 Å². The van der Waals surface area contributed by atoms with Crippen molar-refractivity contribution in [1.82, 2.24) is 0 Å². The lowest BCUT2D eigenvalue weighted by Crippen LogP contribution is -2.43. The molecule has 0 spiro atoms. The van der Waals surface area contributed by atoms with E-state index in [0.717, 1.165) is 17.0 Å². The predicted octanol–water partition coefficient (Wildman–Crippen LogP) is 3.96. The maximum atomic E-state index is 6.19. The average molecular weight is 237 g/mol. The quantitative estimate of drug-likeness (QED) is 0.624. The number of benzene rings is 1. The summed E-state index contributed by atoms with van der Waals surface area (Å²) in [6.45, 7) is 13.2. The second kappa shape index (κ2) is 4.13. The van der Waals surface area contributed by atoms with E-state index < -0.39 is 8.32 Å². The number of aryl methyl sites for hydroxylation is 1. The Bertz CT molecular complexity index is 360. The Balaban J connectivity index is 2.96. The zero-order valence-corrected chi connectivity index (χ0v) is 12.2. The third kappa shape index (κ3) is 3.01. The molecule has 0 heterocycles. The third-order valence-electron chi connectivity index (χ3n) is 3.25. The third-order valence-corrected chi connectivity index (χ3v) is 7.61. The first-order valence-electron chi connectivity index (χ1n) is 5.68. The van der Waals surface area contributed by atoms with Crippen LogP contribution in [0.25, 0.3) is 0 Å². The minimum absolute atomic E-state index is 0.214. The van der Waals surface area contributed by atoms with E-state index in [1.54, 1.807) is 0 Å². The van der Waals surface area contributed by atoms with Crippen LogP contribution in [0.3, 0.4) is 0 Å². The van der Waals surface area contributed by atoms with Crippen molar-refractivity contribution < 1.29 is 4.43 Å². The molecule has 0 bridgehead atoms. The second-order valence-corrected chi connectivity index (χ2v) is 10.7. The molecule has 0 atom stereocenters. The fourth-order valence-electron chi connectivity index (χ4n) is 1.28. The summed E-state index contributed by atoms with van der Waals surface area (Å²) in [5.41, 5.74) is 7.74. The van der Waals surface area contributed by atoms with Gasteiger partial charge >= 0.3 is 0 Å². The van der Waals surface area contributed by atoms with Crippen LogP contribution in [0.1, 0.15) is 26.3 Å². The van der Waals surface area contributed by atoms with Gasteiger partial charge in [0.2, 0.25) is 8.32 Å². The van der Waals surface area contributed by atoms with Crippen molar-refractivity contribution in [2.45, 2.75) is 45.8 Å². The molecule has 90 valence electrons. The molecule has 2 N–H and O–H groups in total. The van der Waals surface area contributed by atoms with Crippen molar-refractivity contribution in [1.29, 1.82) is 0 Å². The van der Waals surface area contributed by atoms with Crippen molar-refractivity contribution in [2.75, 3.05) is 5.73 Å². The molecule has 16 heavy (non-hydrogen) atoms. The van der Waals surface area contributed by atoms with Crippen LogP contribution in [0, 0.1) is 6.92 Å². The van der Waals surface area contributed by atoms with Gasteiger partial charge in [-0.25, -0.2) is 0 Å². The molecule has 0 saturated carbocycles. The summed E-state index contributed by atoms with van der Waals surface area (Å²) in [6.07, 6.45) is 0. The minimum Gasteiger partial charge on any atom is -0.543 e. The van der Waals surface area contributed by atoms with E-state index in [1.165, 1.54) is 0 Å². The molecule has 0 aliphatic rings. The summed E-state index contributed by atoms with van der Waals surface area (Å²) in [6, 6.07) is 5.92. The highest BCUT2D eigenvalue weighted by Gasteiger charge is 2.38. The fraction of sp³-hybridized carbons (Fsp3) is 0.538. The van der Waals surface area contributed by atoms with Crippen LogP contribution in [0.2, 0.25) is 18.1 Å². The van der Waals surface area contributed by atoms with Crippen LogP contribution in [-0.2, 0) is 0 Å². The SMILES string of the molecule is Cc1cc(N)cc(O[Si](C)(C)C(C)(C)C)c1. The van der Waals surface area contributed by atoms with Crippen LogP contribution < -0.4 is 10.2 Å². The molecule has 0 aliphatic heterocycles. The first-order valence-corrected chi connectivity index (χ1v) is 8.59. The van der Waals surface area contributed by atoms with E-state index >= 15 is 0 Å². The van der Waals surface area contributed by atoms with Crippen LogP contribution in [0.15, 0.2) is 18.2 Å².